The Balaban J connectivity index is 1.33. The van der Waals surface area contributed by atoms with Crippen LogP contribution in [0.25, 0.3) is 72.7 Å². The summed E-state index contributed by atoms with van der Waals surface area (Å²) >= 11 is 0. The number of aromatic hydroxyl groups is 1. The third-order valence-electron chi connectivity index (χ3n) is 14.2. The number of pyridine rings is 1. The highest BCUT2D eigenvalue weighted by atomic mass is 16.3. The van der Waals surface area contributed by atoms with Crippen LogP contribution in [-0.2, 0) is 21.7 Å². The number of imidazole rings is 1. The summed E-state index contributed by atoms with van der Waals surface area (Å²) in [6.45, 7) is 29.4. The van der Waals surface area contributed by atoms with E-state index in [0.717, 1.165) is 57.4 Å². The van der Waals surface area contributed by atoms with Crippen molar-refractivity contribution >= 4 is 11.0 Å². The molecule has 0 saturated heterocycles. The standard InChI is InChI=1S/C66H75N3O/c1-62(2,3)49-27-28-57(53(39-49)45-19-16-15-17-20-45)69-58-22-18-21-52(59(58)68-61(69)54-40-51(64(7,8)9)41-55(60(54)70)65(10,11)12)47-35-48(37-50(36-47)63(4,5)6)56-38-46(31-34-67-56)43-25-23-42(24-26-43)44-29-32-66(13,14)33-30-44/h15-28,31,34-41,44,70H,29-30,32-33H2,1-14H3/i25D,26D,31D,38D,40D,41D,44D. The molecule has 9 rings (SSSR count). The summed E-state index contributed by atoms with van der Waals surface area (Å²) in [5.74, 6) is -0.705. The first-order valence-corrected chi connectivity index (χ1v) is 25.1. The number of aromatic nitrogens is 3. The molecule has 0 radical (unpaired) electrons. The molecule has 1 saturated carbocycles. The Morgan fingerprint density at radius 3 is 1.89 bits per heavy atom. The zero-order chi connectivity index (χ0) is 56.3. The van der Waals surface area contributed by atoms with Crippen molar-refractivity contribution in [2.75, 3.05) is 0 Å². The minimum Gasteiger partial charge on any atom is -0.507 e. The van der Waals surface area contributed by atoms with E-state index in [4.69, 9.17) is 11.3 Å². The predicted molar refractivity (Wildman–Crippen MR) is 297 cm³/mol. The number of hydrogen-bond acceptors (Lipinski definition) is 3. The molecule has 1 fully saturated rings. The molecule has 4 heteroatoms. The van der Waals surface area contributed by atoms with Gasteiger partial charge in [-0.05, 0) is 152 Å². The van der Waals surface area contributed by atoms with Crippen LogP contribution in [0.15, 0.2) is 140 Å². The van der Waals surface area contributed by atoms with Crippen molar-refractivity contribution in [3.8, 4) is 67.5 Å². The molecular formula is C66H75N3O. The van der Waals surface area contributed by atoms with E-state index < -0.39 is 22.1 Å². The van der Waals surface area contributed by atoms with Gasteiger partial charge < -0.3 is 5.11 Å². The molecule has 2 heterocycles. The maximum Gasteiger partial charge on any atom is 0.149 e. The average Bonchev–Trinajstić information content (AvgIpc) is 3.71. The predicted octanol–water partition coefficient (Wildman–Crippen LogP) is 18.3. The summed E-state index contributed by atoms with van der Waals surface area (Å²) in [6, 6.07) is 32.3. The van der Waals surface area contributed by atoms with E-state index in [9.17, 15) is 13.3 Å². The zero-order valence-corrected chi connectivity index (χ0v) is 43.9. The van der Waals surface area contributed by atoms with Crippen LogP contribution in [0.1, 0.15) is 166 Å². The highest BCUT2D eigenvalue weighted by Gasteiger charge is 2.31. The Bertz CT molecular complexity index is 3570. The van der Waals surface area contributed by atoms with Gasteiger partial charge in [0, 0.05) is 29.8 Å². The van der Waals surface area contributed by atoms with Crippen LogP contribution in [0.3, 0.4) is 0 Å². The Morgan fingerprint density at radius 1 is 0.586 bits per heavy atom. The van der Waals surface area contributed by atoms with E-state index in [1.54, 1.807) is 12.1 Å². The second-order valence-electron chi connectivity index (χ2n) is 24.5. The number of fused-ring (bicyclic) bond motifs is 1. The molecule has 0 bridgehead atoms. The number of phenolic OH excluding ortho intramolecular Hbond substituents is 1. The van der Waals surface area contributed by atoms with Gasteiger partial charge in [-0.3, -0.25) is 9.55 Å². The van der Waals surface area contributed by atoms with Crippen molar-refractivity contribution < 1.29 is 14.7 Å². The molecule has 1 aliphatic carbocycles. The lowest BCUT2D eigenvalue weighted by Gasteiger charge is -2.34. The quantitative estimate of drug-likeness (QED) is 0.173. The SMILES string of the molecule is [2H]c1cc(C2([2H])CCC(C)(C)CC2)cc([2H])c1-c1c([2H])cnc(-c2cc(-c3cccc4c3nc(-c3c([2H])c(C(C)(C)C)c([2H])c(C(C)(C)C)c3O)n4-c3ccc(C(C)(C)C)cc3-c3ccccc3)cc(C(C)(C)C)c2)c1[2H]. The minimum absolute atomic E-state index is 0.0113. The monoisotopic (exact) mass is 933 g/mol. The minimum atomic E-state index is -0.915. The number of nitrogens with zero attached hydrogens (tertiary/aromatic N) is 3. The van der Waals surface area contributed by atoms with Crippen LogP contribution in [0.2, 0.25) is 0 Å². The van der Waals surface area contributed by atoms with Gasteiger partial charge in [0.15, 0.2) is 0 Å². The second kappa shape index (κ2) is 17.9. The fraction of sp³-hybridized carbons (Fsp3) is 0.364. The fourth-order valence-corrected chi connectivity index (χ4v) is 9.63. The summed E-state index contributed by atoms with van der Waals surface area (Å²) in [5.41, 5.74) is 9.00. The van der Waals surface area contributed by atoms with E-state index in [2.05, 4.69) is 96.4 Å². The number of benzene rings is 6. The maximum atomic E-state index is 12.8. The molecule has 70 heavy (non-hydrogen) atoms. The summed E-state index contributed by atoms with van der Waals surface area (Å²) < 4.78 is 68.7. The number of para-hydroxylation sites is 1. The maximum absolute atomic E-state index is 12.8. The van der Waals surface area contributed by atoms with E-state index in [-0.39, 0.29) is 69.5 Å². The summed E-state index contributed by atoms with van der Waals surface area (Å²) in [4.78, 5) is 10.3. The summed E-state index contributed by atoms with van der Waals surface area (Å²) in [7, 11) is 0. The first kappa shape index (κ1) is 40.5. The van der Waals surface area contributed by atoms with Gasteiger partial charge in [0.05, 0.1) is 36.2 Å². The molecule has 360 valence electrons. The zero-order valence-electron chi connectivity index (χ0n) is 50.9. The van der Waals surface area contributed by atoms with Gasteiger partial charge in [-0.15, -0.1) is 0 Å². The second-order valence-corrected chi connectivity index (χ2v) is 24.5. The average molecular weight is 933 g/mol. The lowest BCUT2D eigenvalue weighted by molar-refractivity contribution is 0.224. The molecule has 1 aliphatic rings. The molecule has 0 spiro atoms. The van der Waals surface area contributed by atoms with Crippen LogP contribution < -0.4 is 0 Å². The van der Waals surface area contributed by atoms with E-state index in [0.29, 0.717) is 52.1 Å². The van der Waals surface area contributed by atoms with E-state index in [1.165, 1.54) is 6.20 Å². The Hall–Kier alpha value is -6.26. The first-order chi connectivity index (χ1) is 35.7. The number of hydrogen-bond donors (Lipinski definition) is 1. The molecule has 6 aromatic carbocycles. The number of phenols is 1. The normalized spacial score (nSPS) is 16.7. The third kappa shape index (κ3) is 9.76. The lowest BCUT2D eigenvalue weighted by atomic mass is 9.71. The van der Waals surface area contributed by atoms with Gasteiger partial charge >= 0.3 is 0 Å². The van der Waals surface area contributed by atoms with Crippen LogP contribution in [0.5, 0.6) is 5.75 Å². The molecule has 8 aromatic rings. The Morgan fingerprint density at radius 2 is 1.24 bits per heavy atom. The first-order valence-electron chi connectivity index (χ1n) is 28.6. The Labute approximate surface area is 429 Å². The van der Waals surface area contributed by atoms with Gasteiger partial charge in [-0.25, -0.2) is 4.98 Å². The van der Waals surface area contributed by atoms with E-state index >= 15 is 0 Å². The molecule has 0 unspecified atom stereocenters. The molecule has 1 N–H and O–H groups in total. The third-order valence-corrected chi connectivity index (χ3v) is 14.2. The van der Waals surface area contributed by atoms with Gasteiger partial charge in [0.25, 0.3) is 0 Å². The molecule has 0 aliphatic heterocycles. The lowest BCUT2D eigenvalue weighted by Crippen LogP contribution is -2.20. The van der Waals surface area contributed by atoms with Crippen LogP contribution in [0.4, 0.5) is 0 Å². The van der Waals surface area contributed by atoms with Gasteiger partial charge in [0.2, 0.25) is 0 Å². The van der Waals surface area contributed by atoms with Crippen LogP contribution >= 0.6 is 0 Å². The largest absolute Gasteiger partial charge is 0.507 e. The van der Waals surface area contributed by atoms with Crippen molar-refractivity contribution in [3.63, 3.8) is 0 Å². The summed E-state index contributed by atoms with van der Waals surface area (Å²) in [5, 5.41) is 12.8. The van der Waals surface area contributed by atoms with Crippen molar-refractivity contribution in [2.45, 2.75) is 150 Å². The summed E-state index contributed by atoms with van der Waals surface area (Å²) in [6.07, 6.45) is 4.43. The van der Waals surface area contributed by atoms with Crippen LogP contribution in [-0.4, -0.2) is 19.6 Å². The van der Waals surface area contributed by atoms with Gasteiger partial charge in [0.1, 0.15) is 11.6 Å². The van der Waals surface area contributed by atoms with E-state index in [1.807, 2.05) is 90.1 Å². The van der Waals surface area contributed by atoms with Crippen molar-refractivity contribution in [1.82, 2.24) is 14.5 Å². The van der Waals surface area contributed by atoms with Crippen molar-refractivity contribution in [1.29, 1.82) is 0 Å². The topological polar surface area (TPSA) is 50.9 Å². The molecular weight excluding hydrogens is 851 g/mol. The highest BCUT2D eigenvalue weighted by Crippen LogP contribution is 2.47. The smallest absolute Gasteiger partial charge is 0.149 e. The van der Waals surface area contributed by atoms with Crippen LogP contribution in [0, 0.1) is 5.41 Å². The van der Waals surface area contributed by atoms with Crippen molar-refractivity contribution in [3.05, 3.63) is 167 Å². The molecule has 0 atom stereocenters. The fourth-order valence-electron chi connectivity index (χ4n) is 9.63. The van der Waals surface area contributed by atoms with Crippen molar-refractivity contribution in [2.24, 2.45) is 5.41 Å². The Kier molecular flexibility index (Phi) is 10.3. The molecule has 4 nitrogen and oxygen atoms in total. The molecule has 2 aromatic heterocycles. The number of rotatable bonds is 7. The van der Waals surface area contributed by atoms with Gasteiger partial charge in [-0.2, -0.15) is 0 Å². The highest BCUT2D eigenvalue weighted by molar-refractivity contribution is 5.98. The molecule has 0 amide bonds. The van der Waals surface area contributed by atoms with Gasteiger partial charge in [-0.1, -0.05) is 182 Å².